The van der Waals surface area contributed by atoms with Gasteiger partial charge in [-0.2, -0.15) is 0 Å². The SMILES string of the molecule is O=S1CCN(Cc2ccccc2O)CC1. The number of para-hydroxylation sites is 1. The van der Waals surface area contributed by atoms with Crippen LogP contribution in [0, 0.1) is 0 Å². The maximum Gasteiger partial charge on any atom is 0.120 e. The Morgan fingerprint density at radius 1 is 1.27 bits per heavy atom. The van der Waals surface area contributed by atoms with Crippen LogP contribution in [-0.2, 0) is 17.3 Å². The van der Waals surface area contributed by atoms with Crippen LogP contribution in [0.5, 0.6) is 5.75 Å². The fourth-order valence-corrected chi connectivity index (χ4v) is 2.85. The second-order valence-corrected chi connectivity index (χ2v) is 5.45. The first-order valence-electron chi connectivity index (χ1n) is 5.10. The molecule has 2 rings (SSSR count). The lowest BCUT2D eigenvalue weighted by Crippen LogP contribution is -2.37. The number of hydrogen-bond acceptors (Lipinski definition) is 3. The molecule has 0 aliphatic carbocycles. The molecule has 1 fully saturated rings. The van der Waals surface area contributed by atoms with Gasteiger partial charge in [0.25, 0.3) is 0 Å². The number of benzene rings is 1. The first-order chi connectivity index (χ1) is 7.25. The molecule has 0 saturated carbocycles. The smallest absolute Gasteiger partial charge is 0.120 e. The zero-order valence-corrected chi connectivity index (χ0v) is 9.37. The molecule has 1 aromatic carbocycles. The van der Waals surface area contributed by atoms with Crippen molar-refractivity contribution < 1.29 is 9.32 Å². The lowest BCUT2D eigenvalue weighted by atomic mass is 10.2. The topological polar surface area (TPSA) is 40.5 Å². The van der Waals surface area contributed by atoms with E-state index in [9.17, 15) is 9.32 Å². The summed E-state index contributed by atoms with van der Waals surface area (Å²) in [5.74, 6) is 1.87. The van der Waals surface area contributed by atoms with Crippen LogP contribution in [0.1, 0.15) is 5.56 Å². The molecular weight excluding hydrogens is 210 g/mol. The molecule has 0 unspecified atom stereocenters. The molecule has 0 atom stereocenters. The Labute approximate surface area is 92.2 Å². The second kappa shape index (κ2) is 4.77. The molecule has 3 nitrogen and oxygen atoms in total. The van der Waals surface area contributed by atoms with Crippen LogP contribution in [0.25, 0.3) is 0 Å². The summed E-state index contributed by atoms with van der Waals surface area (Å²) in [6, 6.07) is 7.39. The van der Waals surface area contributed by atoms with Gasteiger partial charge in [-0.1, -0.05) is 18.2 Å². The molecule has 0 spiro atoms. The fourth-order valence-electron chi connectivity index (χ4n) is 1.72. The van der Waals surface area contributed by atoms with Gasteiger partial charge in [0.05, 0.1) is 0 Å². The van der Waals surface area contributed by atoms with Crippen molar-refractivity contribution in [2.24, 2.45) is 0 Å². The average molecular weight is 225 g/mol. The number of phenolic OH excluding ortho intramolecular Hbond substituents is 1. The summed E-state index contributed by atoms with van der Waals surface area (Å²) in [5, 5.41) is 9.61. The molecular formula is C11H15NO2S. The third kappa shape index (κ3) is 2.79. The predicted molar refractivity (Wildman–Crippen MR) is 61.3 cm³/mol. The summed E-state index contributed by atoms with van der Waals surface area (Å²) >= 11 is 0. The lowest BCUT2D eigenvalue weighted by molar-refractivity contribution is 0.287. The van der Waals surface area contributed by atoms with Gasteiger partial charge in [-0.25, -0.2) is 0 Å². The van der Waals surface area contributed by atoms with Crippen LogP contribution in [0.4, 0.5) is 0 Å². The molecule has 1 heterocycles. The van der Waals surface area contributed by atoms with Crippen molar-refractivity contribution in [1.29, 1.82) is 0 Å². The quantitative estimate of drug-likeness (QED) is 0.815. The van der Waals surface area contributed by atoms with E-state index >= 15 is 0 Å². The standard InChI is InChI=1S/C11H15NO2S/c13-11-4-2-1-3-10(11)9-12-5-7-15(14)8-6-12/h1-4,13H,5-9H2. The Bertz CT molecular complexity index is 357. The summed E-state index contributed by atoms with van der Waals surface area (Å²) in [6.07, 6.45) is 0. The highest BCUT2D eigenvalue weighted by atomic mass is 32.2. The molecule has 0 amide bonds. The minimum atomic E-state index is -0.628. The van der Waals surface area contributed by atoms with E-state index in [-0.39, 0.29) is 0 Å². The van der Waals surface area contributed by atoms with E-state index in [0.29, 0.717) is 5.75 Å². The highest BCUT2D eigenvalue weighted by Crippen LogP contribution is 2.18. The molecule has 0 aromatic heterocycles. The van der Waals surface area contributed by atoms with Crippen LogP contribution in [0.15, 0.2) is 24.3 Å². The van der Waals surface area contributed by atoms with E-state index in [1.165, 1.54) is 0 Å². The minimum Gasteiger partial charge on any atom is -0.508 e. The zero-order chi connectivity index (χ0) is 10.7. The first-order valence-corrected chi connectivity index (χ1v) is 6.59. The highest BCUT2D eigenvalue weighted by molar-refractivity contribution is 7.85. The van der Waals surface area contributed by atoms with Crippen molar-refractivity contribution in [1.82, 2.24) is 4.90 Å². The Kier molecular flexibility index (Phi) is 3.38. The van der Waals surface area contributed by atoms with Crippen LogP contribution in [0.2, 0.25) is 0 Å². The van der Waals surface area contributed by atoms with E-state index in [2.05, 4.69) is 4.90 Å². The molecule has 1 aliphatic rings. The molecule has 1 saturated heterocycles. The van der Waals surface area contributed by atoms with Gasteiger partial charge >= 0.3 is 0 Å². The van der Waals surface area contributed by atoms with Crippen LogP contribution < -0.4 is 0 Å². The Morgan fingerprint density at radius 2 is 1.93 bits per heavy atom. The molecule has 0 bridgehead atoms. The molecule has 1 N–H and O–H groups in total. The summed E-state index contributed by atoms with van der Waals surface area (Å²) in [4.78, 5) is 2.23. The van der Waals surface area contributed by atoms with Crippen LogP contribution >= 0.6 is 0 Å². The summed E-state index contributed by atoms with van der Waals surface area (Å²) < 4.78 is 11.2. The van der Waals surface area contributed by atoms with Gasteiger partial charge in [0.2, 0.25) is 0 Å². The van der Waals surface area contributed by atoms with Gasteiger partial charge in [0, 0.05) is 47.5 Å². The fraction of sp³-hybridized carbons (Fsp3) is 0.455. The monoisotopic (exact) mass is 225 g/mol. The van der Waals surface area contributed by atoms with Gasteiger partial charge in [-0.05, 0) is 6.07 Å². The van der Waals surface area contributed by atoms with Crippen molar-refractivity contribution in [3.8, 4) is 5.75 Å². The van der Waals surface area contributed by atoms with E-state index in [1.807, 2.05) is 18.2 Å². The van der Waals surface area contributed by atoms with Crippen molar-refractivity contribution in [2.75, 3.05) is 24.6 Å². The predicted octanol–water partition coefficient (Wildman–Crippen LogP) is 0.957. The third-order valence-corrected chi connectivity index (χ3v) is 3.93. The highest BCUT2D eigenvalue weighted by Gasteiger charge is 2.15. The summed E-state index contributed by atoms with van der Waals surface area (Å²) in [7, 11) is -0.628. The summed E-state index contributed by atoms with van der Waals surface area (Å²) in [5.41, 5.74) is 0.949. The Hall–Kier alpha value is -0.870. The molecule has 4 heteroatoms. The Morgan fingerprint density at radius 3 is 2.60 bits per heavy atom. The summed E-state index contributed by atoms with van der Waals surface area (Å²) in [6.45, 7) is 2.48. The van der Waals surface area contributed by atoms with Crippen LogP contribution in [-0.4, -0.2) is 38.8 Å². The van der Waals surface area contributed by atoms with Crippen molar-refractivity contribution in [3.05, 3.63) is 29.8 Å². The maximum absolute atomic E-state index is 11.2. The van der Waals surface area contributed by atoms with Crippen molar-refractivity contribution in [3.63, 3.8) is 0 Å². The average Bonchev–Trinajstić information content (AvgIpc) is 2.25. The molecule has 82 valence electrons. The largest absolute Gasteiger partial charge is 0.508 e. The van der Waals surface area contributed by atoms with Crippen molar-refractivity contribution >= 4 is 10.8 Å². The second-order valence-electron chi connectivity index (χ2n) is 3.75. The normalized spacial score (nSPS) is 19.2. The van der Waals surface area contributed by atoms with Crippen LogP contribution in [0.3, 0.4) is 0 Å². The number of nitrogens with zero attached hydrogens (tertiary/aromatic N) is 1. The molecule has 0 radical (unpaired) electrons. The van der Waals surface area contributed by atoms with E-state index < -0.39 is 10.8 Å². The number of aromatic hydroxyl groups is 1. The van der Waals surface area contributed by atoms with Gasteiger partial charge in [0.1, 0.15) is 5.75 Å². The van der Waals surface area contributed by atoms with Gasteiger partial charge in [0.15, 0.2) is 0 Å². The number of hydrogen-bond donors (Lipinski definition) is 1. The molecule has 15 heavy (non-hydrogen) atoms. The third-order valence-electron chi connectivity index (χ3n) is 2.66. The number of phenols is 1. The Balaban J connectivity index is 1.97. The number of rotatable bonds is 2. The van der Waals surface area contributed by atoms with Crippen molar-refractivity contribution in [2.45, 2.75) is 6.54 Å². The zero-order valence-electron chi connectivity index (χ0n) is 8.56. The van der Waals surface area contributed by atoms with E-state index in [4.69, 9.17) is 0 Å². The van der Waals surface area contributed by atoms with E-state index in [0.717, 1.165) is 36.7 Å². The molecule has 1 aromatic rings. The molecule has 1 aliphatic heterocycles. The maximum atomic E-state index is 11.2. The van der Waals surface area contributed by atoms with E-state index in [1.54, 1.807) is 6.07 Å². The first kappa shape index (κ1) is 10.6. The minimum absolute atomic E-state index is 0.351. The van der Waals surface area contributed by atoms with Gasteiger partial charge in [-0.15, -0.1) is 0 Å². The lowest BCUT2D eigenvalue weighted by Gasteiger charge is -2.26. The van der Waals surface area contributed by atoms with Gasteiger partial charge in [-0.3, -0.25) is 9.11 Å². The van der Waals surface area contributed by atoms with Gasteiger partial charge < -0.3 is 5.11 Å².